The first-order chi connectivity index (χ1) is 11.8. The number of hydrogen-bond acceptors (Lipinski definition) is 2. The first-order valence-electron chi connectivity index (χ1n) is 7.96. The molecule has 1 aliphatic carbocycles. The molecule has 25 heavy (non-hydrogen) atoms. The third kappa shape index (κ3) is 3.66. The highest BCUT2D eigenvalue weighted by atomic mass is 35.5. The molecule has 1 aliphatic rings. The normalized spacial score (nSPS) is 14.7. The van der Waals surface area contributed by atoms with Gasteiger partial charge in [0.25, 0.3) is 0 Å². The van der Waals surface area contributed by atoms with E-state index in [0.29, 0.717) is 24.2 Å². The number of nitrogens with one attached hydrogen (secondary N) is 2. The van der Waals surface area contributed by atoms with Gasteiger partial charge in [-0.1, -0.05) is 17.7 Å². The lowest BCUT2D eigenvalue weighted by Gasteiger charge is -2.16. The average Bonchev–Trinajstić information content (AvgIpc) is 3.31. The topological polar surface area (TPSA) is 58.2 Å². The molecule has 6 heteroatoms. The number of carbonyl (C=O) groups excluding carboxylic acids is 2. The molecule has 2 N–H and O–H groups in total. The predicted molar refractivity (Wildman–Crippen MR) is 96.3 cm³/mol. The Kier molecular flexibility index (Phi) is 4.52. The molecule has 0 atom stereocenters. The monoisotopic (exact) mass is 360 g/mol. The van der Waals surface area contributed by atoms with Gasteiger partial charge in [0.2, 0.25) is 11.8 Å². The van der Waals surface area contributed by atoms with Gasteiger partial charge in [-0.25, -0.2) is 4.39 Å². The molecule has 3 rings (SSSR count). The minimum absolute atomic E-state index is 0.0812. The molecule has 0 spiro atoms. The molecule has 0 unspecified atom stereocenters. The van der Waals surface area contributed by atoms with E-state index in [1.54, 1.807) is 0 Å². The van der Waals surface area contributed by atoms with Gasteiger partial charge in [0.05, 0.1) is 5.02 Å². The van der Waals surface area contributed by atoms with Crippen LogP contribution in [0, 0.1) is 25.1 Å². The third-order valence-corrected chi connectivity index (χ3v) is 4.57. The number of hydrogen-bond donors (Lipinski definition) is 2. The van der Waals surface area contributed by atoms with E-state index in [4.69, 9.17) is 11.6 Å². The van der Waals surface area contributed by atoms with Crippen LogP contribution >= 0.6 is 11.6 Å². The first-order valence-corrected chi connectivity index (χ1v) is 8.34. The number of rotatable bonds is 4. The Hall–Kier alpha value is -2.40. The van der Waals surface area contributed by atoms with E-state index in [0.717, 1.165) is 11.1 Å². The number of carbonyl (C=O) groups is 2. The van der Waals surface area contributed by atoms with E-state index < -0.39 is 17.1 Å². The highest BCUT2D eigenvalue weighted by molar-refractivity contribution is 6.31. The summed E-state index contributed by atoms with van der Waals surface area (Å²) < 4.78 is 13.2. The Morgan fingerprint density at radius 1 is 0.960 bits per heavy atom. The van der Waals surface area contributed by atoms with Crippen LogP contribution in [0.25, 0.3) is 0 Å². The maximum absolute atomic E-state index is 13.2. The van der Waals surface area contributed by atoms with Crippen LogP contribution < -0.4 is 10.6 Å². The van der Waals surface area contributed by atoms with E-state index >= 15 is 0 Å². The van der Waals surface area contributed by atoms with Crippen molar-refractivity contribution in [2.24, 2.45) is 5.41 Å². The van der Waals surface area contributed by atoms with Crippen molar-refractivity contribution in [2.45, 2.75) is 26.7 Å². The summed E-state index contributed by atoms with van der Waals surface area (Å²) in [5, 5.41) is 5.40. The van der Waals surface area contributed by atoms with Crippen LogP contribution in [0.3, 0.4) is 0 Å². The summed E-state index contributed by atoms with van der Waals surface area (Å²) in [6, 6.07) is 9.64. The molecule has 0 aliphatic heterocycles. The van der Waals surface area contributed by atoms with Crippen molar-refractivity contribution in [3.8, 4) is 0 Å². The highest BCUT2D eigenvalue weighted by Crippen LogP contribution is 2.47. The summed E-state index contributed by atoms with van der Waals surface area (Å²) in [5.41, 5.74) is 2.02. The van der Waals surface area contributed by atoms with Crippen molar-refractivity contribution in [3.63, 3.8) is 0 Å². The molecule has 4 nitrogen and oxygen atoms in total. The van der Waals surface area contributed by atoms with Crippen LogP contribution in [0.2, 0.25) is 5.02 Å². The zero-order valence-electron chi connectivity index (χ0n) is 14.0. The van der Waals surface area contributed by atoms with E-state index in [2.05, 4.69) is 10.6 Å². The van der Waals surface area contributed by atoms with Gasteiger partial charge in [-0.15, -0.1) is 0 Å². The molecule has 2 aromatic rings. The zero-order chi connectivity index (χ0) is 18.2. The summed E-state index contributed by atoms with van der Waals surface area (Å²) in [6.07, 6.45) is 0.953. The van der Waals surface area contributed by atoms with Gasteiger partial charge in [0, 0.05) is 11.4 Å². The minimum atomic E-state index is -1.08. The van der Waals surface area contributed by atoms with Crippen LogP contribution in [0.4, 0.5) is 15.8 Å². The van der Waals surface area contributed by atoms with Gasteiger partial charge < -0.3 is 10.6 Å². The number of amides is 2. The Balaban J connectivity index is 1.73. The third-order valence-electron chi connectivity index (χ3n) is 4.28. The van der Waals surface area contributed by atoms with Gasteiger partial charge in [-0.3, -0.25) is 9.59 Å². The van der Waals surface area contributed by atoms with Crippen molar-refractivity contribution >= 4 is 34.8 Å². The van der Waals surface area contributed by atoms with Crippen molar-refractivity contribution in [3.05, 3.63) is 58.4 Å². The molecule has 130 valence electrons. The molecule has 1 saturated carbocycles. The van der Waals surface area contributed by atoms with Crippen LogP contribution in [-0.4, -0.2) is 11.8 Å². The Bertz CT molecular complexity index is 842. The second-order valence-electron chi connectivity index (χ2n) is 6.50. The summed E-state index contributed by atoms with van der Waals surface area (Å²) in [5.74, 6) is -1.30. The van der Waals surface area contributed by atoms with Crippen molar-refractivity contribution in [1.29, 1.82) is 0 Å². The molecule has 2 amide bonds. The Morgan fingerprint density at radius 3 is 2.04 bits per heavy atom. The molecule has 2 aromatic carbocycles. The smallest absolute Gasteiger partial charge is 0.240 e. The molecule has 0 aromatic heterocycles. The van der Waals surface area contributed by atoms with Crippen LogP contribution in [-0.2, 0) is 9.59 Å². The van der Waals surface area contributed by atoms with Gasteiger partial charge in [-0.2, -0.15) is 0 Å². The van der Waals surface area contributed by atoms with Crippen molar-refractivity contribution in [1.82, 2.24) is 0 Å². The molecule has 0 radical (unpaired) electrons. The second-order valence-corrected chi connectivity index (χ2v) is 6.90. The number of benzene rings is 2. The Labute approximate surface area is 150 Å². The number of anilines is 2. The Morgan fingerprint density at radius 2 is 1.52 bits per heavy atom. The van der Waals surface area contributed by atoms with Crippen molar-refractivity contribution in [2.75, 3.05) is 10.6 Å². The molecule has 0 bridgehead atoms. The lowest BCUT2D eigenvalue weighted by atomic mass is 10.0. The predicted octanol–water partition coefficient (Wildman–Crippen LogP) is 4.45. The average molecular weight is 361 g/mol. The number of halogens is 2. The quantitative estimate of drug-likeness (QED) is 0.791. The standard InChI is InChI=1S/C19H18ClFN2O2/c1-11-7-12(2)9-14(8-11)23-18(25)19(5-6-19)17(24)22-13-3-4-16(21)15(20)10-13/h3-4,7-10H,5-6H2,1-2H3,(H,22,24)(H,23,25). The second kappa shape index (κ2) is 6.48. The summed E-state index contributed by atoms with van der Waals surface area (Å²) in [6.45, 7) is 3.89. The van der Waals surface area contributed by atoms with Gasteiger partial charge in [-0.05, 0) is 68.1 Å². The fourth-order valence-corrected chi connectivity index (χ4v) is 2.98. The minimum Gasteiger partial charge on any atom is -0.325 e. The van der Waals surface area contributed by atoms with Crippen LogP contribution in [0.1, 0.15) is 24.0 Å². The van der Waals surface area contributed by atoms with E-state index in [1.165, 1.54) is 18.2 Å². The lowest BCUT2D eigenvalue weighted by molar-refractivity contribution is -0.131. The molecular weight excluding hydrogens is 343 g/mol. The van der Waals surface area contributed by atoms with Gasteiger partial charge in [0.15, 0.2) is 0 Å². The van der Waals surface area contributed by atoms with Crippen LogP contribution in [0.15, 0.2) is 36.4 Å². The molecule has 1 fully saturated rings. The SMILES string of the molecule is Cc1cc(C)cc(NC(=O)C2(C(=O)Nc3ccc(F)c(Cl)c3)CC2)c1. The van der Waals surface area contributed by atoms with Gasteiger partial charge in [0.1, 0.15) is 11.2 Å². The summed E-state index contributed by atoms with van der Waals surface area (Å²) in [7, 11) is 0. The van der Waals surface area contributed by atoms with E-state index in [1.807, 2.05) is 32.0 Å². The van der Waals surface area contributed by atoms with E-state index in [-0.39, 0.29) is 10.9 Å². The van der Waals surface area contributed by atoms with E-state index in [9.17, 15) is 14.0 Å². The lowest BCUT2D eigenvalue weighted by Crippen LogP contribution is -2.35. The molecule has 0 saturated heterocycles. The highest BCUT2D eigenvalue weighted by Gasteiger charge is 2.56. The first kappa shape index (κ1) is 17.4. The fraction of sp³-hybridized carbons (Fsp3) is 0.263. The maximum atomic E-state index is 13.2. The number of aryl methyl sites for hydroxylation is 2. The zero-order valence-corrected chi connectivity index (χ0v) is 14.7. The largest absolute Gasteiger partial charge is 0.325 e. The summed E-state index contributed by atoms with van der Waals surface area (Å²) in [4.78, 5) is 25.2. The maximum Gasteiger partial charge on any atom is 0.240 e. The molecule has 0 heterocycles. The van der Waals surface area contributed by atoms with Crippen molar-refractivity contribution < 1.29 is 14.0 Å². The summed E-state index contributed by atoms with van der Waals surface area (Å²) >= 11 is 5.72. The van der Waals surface area contributed by atoms with Gasteiger partial charge >= 0.3 is 0 Å². The van der Waals surface area contributed by atoms with Crippen LogP contribution in [0.5, 0.6) is 0 Å². The molecular formula is C19H18ClFN2O2. The fourth-order valence-electron chi connectivity index (χ4n) is 2.80.